The zero-order valence-electron chi connectivity index (χ0n) is 10.9. The van der Waals surface area contributed by atoms with Gasteiger partial charge in [-0.15, -0.1) is 0 Å². The van der Waals surface area contributed by atoms with E-state index in [4.69, 9.17) is 9.63 Å². The van der Waals surface area contributed by atoms with E-state index in [9.17, 15) is 13.6 Å². The standard InChI is InChI=1S/C14H12F2N2O3/c15-8-3-4-10(16)9(6-8)13-7-11(17-21-13)12-2-1-5-18(12)14(19)20/h3-4,6-7,12H,1-2,5H2,(H,19,20)/t12-/m1/s1. The van der Waals surface area contributed by atoms with Crippen LogP contribution in [0.4, 0.5) is 13.6 Å². The van der Waals surface area contributed by atoms with Crippen LogP contribution in [0.15, 0.2) is 28.8 Å². The average molecular weight is 294 g/mol. The Morgan fingerprint density at radius 1 is 1.38 bits per heavy atom. The smallest absolute Gasteiger partial charge is 0.407 e. The fourth-order valence-electron chi connectivity index (χ4n) is 2.56. The van der Waals surface area contributed by atoms with E-state index in [0.717, 1.165) is 24.6 Å². The molecule has 5 nitrogen and oxygen atoms in total. The summed E-state index contributed by atoms with van der Waals surface area (Å²) in [5.74, 6) is -1.13. The highest BCUT2D eigenvalue weighted by atomic mass is 19.1. The summed E-state index contributed by atoms with van der Waals surface area (Å²) in [6.45, 7) is 0.427. The van der Waals surface area contributed by atoms with Gasteiger partial charge in [0.2, 0.25) is 0 Å². The van der Waals surface area contributed by atoms with Gasteiger partial charge in [-0.1, -0.05) is 5.16 Å². The number of aromatic nitrogens is 1. The average Bonchev–Trinajstić information content (AvgIpc) is 3.08. The van der Waals surface area contributed by atoms with Crippen LogP contribution in [0.5, 0.6) is 0 Å². The molecular formula is C14H12F2N2O3. The predicted octanol–water partition coefficient (Wildman–Crippen LogP) is 3.43. The summed E-state index contributed by atoms with van der Waals surface area (Å²) in [7, 11) is 0. The van der Waals surface area contributed by atoms with Crippen LogP contribution in [0.3, 0.4) is 0 Å². The molecule has 0 saturated carbocycles. The second kappa shape index (κ2) is 5.16. The topological polar surface area (TPSA) is 66.6 Å². The highest BCUT2D eigenvalue weighted by Gasteiger charge is 2.32. The lowest BCUT2D eigenvalue weighted by Gasteiger charge is -2.18. The lowest BCUT2D eigenvalue weighted by Crippen LogP contribution is -2.28. The molecule has 1 atom stereocenters. The number of amides is 1. The van der Waals surface area contributed by atoms with Crippen LogP contribution >= 0.6 is 0 Å². The third kappa shape index (κ3) is 2.46. The molecule has 0 aliphatic carbocycles. The van der Waals surface area contributed by atoms with E-state index in [-0.39, 0.29) is 11.3 Å². The number of rotatable bonds is 2. The maximum absolute atomic E-state index is 13.7. The molecule has 1 amide bonds. The SMILES string of the molecule is O=C(O)N1CCC[C@@H]1c1cc(-c2cc(F)ccc2F)on1. The Kier molecular flexibility index (Phi) is 3.32. The molecule has 2 aromatic rings. The van der Waals surface area contributed by atoms with Crippen LogP contribution in [0.1, 0.15) is 24.6 Å². The number of carbonyl (C=O) groups is 1. The number of hydrogen-bond donors (Lipinski definition) is 1. The van der Waals surface area contributed by atoms with Crippen LogP contribution in [-0.4, -0.2) is 27.8 Å². The minimum absolute atomic E-state index is 0.0337. The molecule has 2 heterocycles. The molecular weight excluding hydrogens is 282 g/mol. The van der Waals surface area contributed by atoms with Gasteiger partial charge in [-0.25, -0.2) is 13.6 Å². The normalized spacial score (nSPS) is 18.2. The van der Waals surface area contributed by atoms with Gasteiger partial charge >= 0.3 is 6.09 Å². The Morgan fingerprint density at radius 3 is 2.95 bits per heavy atom. The van der Waals surface area contributed by atoms with Crippen molar-refractivity contribution in [3.63, 3.8) is 0 Å². The Morgan fingerprint density at radius 2 is 2.19 bits per heavy atom. The molecule has 1 fully saturated rings. The van der Waals surface area contributed by atoms with E-state index in [1.807, 2.05) is 0 Å². The fourth-order valence-corrected chi connectivity index (χ4v) is 2.56. The third-order valence-corrected chi connectivity index (χ3v) is 3.56. The zero-order valence-corrected chi connectivity index (χ0v) is 10.9. The maximum Gasteiger partial charge on any atom is 0.407 e. The van der Waals surface area contributed by atoms with Gasteiger partial charge in [0, 0.05) is 12.6 Å². The van der Waals surface area contributed by atoms with E-state index in [0.29, 0.717) is 18.7 Å². The van der Waals surface area contributed by atoms with Crippen LogP contribution < -0.4 is 0 Å². The molecule has 0 radical (unpaired) electrons. The molecule has 0 bridgehead atoms. The number of benzene rings is 1. The minimum atomic E-state index is -1.03. The van der Waals surface area contributed by atoms with Crippen molar-refractivity contribution in [1.82, 2.24) is 10.1 Å². The summed E-state index contributed by atoms with van der Waals surface area (Å²) in [5, 5.41) is 12.9. The second-order valence-electron chi connectivity index (χ2n) is 4.87. The zero-order chi connectivity index (χ0) is 15.0. The Balaban J connectivity index is 1.93. The van der Waals surface area contributed by atoms with Gasteiger partial charge in [0.05, 0.1) is 11.6 Å². The van der Waals surface area contributed by atoms with Gasteiger partial charge in [-0.2, -0.15) is 0 Å². The fraction of sp³-hybridized carbons (Fsp3) is 0.286. The van der Waals surface area contributed by atoms with Crippen molar-refractivity contribution >= 4 is 6.09 Å². The molecule has 1 aliphatic heterocycles. The summed E-state index contributed by atoms with van der Waals surface area (Å²) < 4.78 is 31.9. The lowest BCUT2D eigenvalue weighted by atomic mass is 10.1. The summed E-state index contributed by atoms with van der Waals surface area (Å²) in [5.41, 5.74) is 0.377. The first kappa shape index (κ1) is 13.5. The second-order valence-corrected chi connectivity index (χ2v) is 4.87. The quantitative estimate of drug-likeness (QED) is 0.921. The summed E-state index contributed by atoms with van der Waals surface area (Å²) in [6.07, 6.45) is 0.330. The van der Waals surface area contributed by atoms with Crippen molar-refractivity contribution in [1.29, 1.82) is 0 Å². The Hall–Kier alpha value is -2.44. The molecule has 1 aromatic heterocycles. The van der Waals surface area contributed by atoms with Gasteiger partial charge in [0.15, 0.2) is 5.76 Å². The van der Waals surface area contributed by atoms with E-state index in [2.05, 4.69) is 5.16 Å². The van der Waals surface area contributed by atoms with Gasteiger partial charge in [-0.05, 0) is 31.0 Å². The molecule has 1 N–H and O–H groups in total. The number of likely N-dealkylation sites (tertiary alicyclic amines) is 1. The highest BCUT2D eigenvalue weighted by molar-refractivity contribution is 5.66. The van der Waals surface area contributed by atoms with E-state index in [1.54, 1.807) is 0 Å². The molecule has 0 unspecified atom stereocenters. The Labute approximate surface area is 118 Å². The summed E-state index contributed by atoms with van der Waals surface area (Å²) in [4.78, 5) is 12.4. The van der Waals surface area contributed by atoms with Crippen LogP contribution in [0.25, 0.3) is 11.3 Å². The Bertz CT molecular complexity index is 687. The first-order valence-corrected chi connectivity index (χ1v) is 6.48. The molecule has 1 aliphatic rings. The van der Waals surface area contributed by atoms with Crippen LogP contribution in [0, 0.1) is 11.6 Å². The van der Waals surface area contributed by atoms with Crippen molar-refractivity contribution < 1.29 is 23.2 Å². The van der Waals surface area contributed by atoms with E-state index in [1.165, 1.54) is 11.0 Å². The van der Waals surface area contributed by atoms with E-state index >= 15 is 0 Å². The molecule has 110 valence electrons. The predicted molar refractivity (Wildman–Crippen MR) is 68.6 cm³/mol. The molecule has 3 rings (SSSR count). The van der Waals surface area contributed by atoms with Crippen molar-refractivity contribution in [3.05, 3.63) is 41.6 Å². The molecule has 21 heavy (non-hydrogen) atoms. The first-order chi connectivity index (χ1) is 10.1. The molecule has 0 spiro atoms. The molecule has 1 aromatic carbocycles. The van der Waals surface area contributed by atoms with Crippen molar-refractivity contribution in [2.45, 2.75) is 18.9 Å². The minimum Gasteiger partial charge on any atom is -0.465 e. The lowest BCUT2D eigenvalue weighted by molar-refractivity contribution is 0.138. The molecule has 1 saturated heterocycles. The summed E-state index contributed by atoms with van der Waals surface area (Å²) in [6, 6.07) is 4.09. The van der Waals surface area contributed by atoms with Gasteiger partial charge in [-0.3, -0.25) is 4.90 Å². The third-order valence-electron chi connectivity index (χ3n) is 3.56. The van der Waals surface area contributed by atoms with Crippen molar-refractivity contribution in [3.8, 4) is 11.3 Å². The summed E-state index contributed by atoms with van der Waals surface area (Å²) >= 11 is 0. The van der Waals surface area contributed by atoms with Gasteiger partial charge in [0.25, 0.3) is 0 Å². The number of hydrogen-bond acceptors (Lipinski definition) is 3. The first-order valence-electron chi connectivity index (χ1n) is 6.48. The van der Waals surface area contributed by atoms with Crippen LogP contribution in [0.2, 0.25) is 0 Å². The van der Waals surface area contributed by atoms with Gasteiger partial charge < -0.3 is 9.63 Å². The van der Waals surface area contributed by atoms with E-state index < -0.39 is 23.8 Å². The maximum atomic E-state index is 13.7. The van der Waals surface area contributed by atoms with Crippen LogP contribution in [-0.2, 0) is 0 Å². The molecule has 7 heteroatoms. The van der Waals surface area contributed by atoms with Crippen molar-refractivity contribution in [2.75, 3.05) is 6.54 Å². The largest absolute Gasteiger partial charge is 0.465 e. The van der Waals surface area contributed by atoms with Crippen molar-refractivity contribution in [2.24, 2.45) is 0 Å². The number of nitrogens with zero attached hydrogens (tertiary/aromatic N) is 2. The monoisotopic (exact) mass is 294 g/mol. The highest BCUT2D eigenvalue weighted by Crippen LogP contribution is 2.34. The van der Waals surface area contributed by atoms with Gasteiger partial charge in [0.1, 0.15) is 17.3 Å². The number of carboxylic acid groups (broad SMARTS) is 1. The number of halogens is 2.